The molecule has 112 valence electrons. The molecule has 0 aromatic heterocycles. The Morgan fingerprint density at radius 1 is 1.05 bits per heavy atom. The second kappa shape index (κ2) is 6.99. The Labute approximate surface area is 140 Å². The quantitative estimate of drug-likeness (QED) is 0.756. The molecule has 0 aliphatic rings. The van der Waals surface area contributed by atoms with Gasteiger partial charge in [0.05, 0.1) is 0 Å². The second-order valence-electron chi connectivity index (χ2n) is 6.16. The molecule has 0 amide bonds. The molecule has 0 bridgehead atoms. The van der Waals surface area contributed by atoms with Crippen molar-refractivity contribution in [2.75, 3.05) is 7.05 Å². The van der Waals surface area contributed by atoms with E-state index in [2.05, 4.69) is 84.5 Å². The van der Waals surface area contributed by atoms with Crippen LogP contribution >= 0.6 is 27.7 Å². The van der Waals surface area contributed by atoms with E-state index in [1.165, 1.54) is 20.9 Å². The van der Waals surface area contributed by atoms with Crippen LogP contribution in [0.4, 0.5) is 0 Å². The number of hydrogen-bond acceptors (Lipinski definition) is 2. The maximum Gasteiger partial charge on any atom is 0.0213 e. The molecule has 0 atom stereocenters. The summed E-state index contributed by atoms with van der Waals surface area (Å²) in [5.41, 5.74) is 2.90. The van der Waals surface area contributed by atoms with Crippen molar-refractivity contribution in [3.8, 4) is 0 Å². The maximum atomic E-state index is 3.56. The molecule has 0 saturated carbocycles. The summed E-state index contributed by atoms with van der Waals surface area (Å²) in [6.45, 7) is 7.62. The predicted molar refractivity (Wildman–Crippen MR) is 96.2 cm³/mol. The van der Waals surface area contributed by atoms with Crippen LogP contribution in [0.15, 0.2) is 56.7 Å². The highest BCUT2D eigenvalue weighted by Gasteiger charge is 2.13. The van der Waals surface area contributed by atoms with E-state index in [1.54, 1.807) is 0 Å². The Morgan fingerprint density at radius 2 is 1.71 bits per heavy atom. The van der Waals surface area contributed by atoms with E-state index in [9.17, 15) is 0 Å². The lowest BCUT2D eigenvalue weighted by atomic mass is 9.87. The average molecular weight is 364 g/mol. The highest BCUT2D eigenvalue weighted by molar-refractivity contribution is 9.10. The average Bonchev–Trinajstić information content (AvgIpc) is 2.42. The summed E-state index contributed by atoms with van der Waals surface area (Å²) in [5, 5.41) is 3.23. The van der Waals surface area contributed by atoms with Gasteiger partial charge in [-0.15, -0.1) is 0 Å². The topological polar surface area (TPSA) is 12.0 Å². The van der Waals surface area contributed by atoms with E-state index in [-0.39, 0.29) is 5.41 Å². The van der Waals surface area contributed by atoms with Crippen LogP contribution < -0.4 is 5.32 Å². The lowest BCUT2D eigenvalue weighted by molar-refractivity contribution is 0.590. The lowest BCUT2D eigenvalue weighted by Gasteiger charge is -2.19. The molecule has 3 heteroatoms. The highest BCUT2D eigenvalue weighted by Crippen LogP contribution is 2.34. The Morgan fingerprint density at radius 3 is 2.29 bits per heavy atom. The van der Waals surface area contributed by atoms with Crippen LogP contribution in [0.3, 0.4) is 0 Å². The van der Waals surface area contributed by atoms with Gasteiger partial charge in [-0.3, -0.25) is 0 Å². The minimum atomic E-state index is 0.205. The first-order valence-corrected chi connectivity index (χ1v) is 8.72. The van der Waals surface area contributed by atoms with E-state index < -0.39 is 0 Å². The van der Waals surface area contributed by atoms with Crippen LogP contribution in [0, 0.1) is 0 Å². The zero-order valence-electron chi connectivity index (χ0n) is 13.0. The van der Waals surface area contributed by atoms with Gasteiger partial charge in [-0.2, -0.15) is 0 Å². The molecule has 0 aliphatic carbocycles. The minimum Gasteiger partial charge on any atom is -0.316 e. The molecule has 1 N–H and O–H groups in total. The first-order chi connectivity index (χ1) is 9.90. The van der Waals surface area contributed by atoms with Crippen LogP contribution in [0.2, 0.25) is 0 Å². The van der Waals surface area contributed by atoms with Gasteiger partial charge < -0.3 is 5.32 Å². The van der Waals surface area contributed by atoms with Crippen molar-refractivity contribution in [1.29, 1.82) is 0 Å². The fourth-order valence-corrected chi connectivity index (χ4v) is 3.61. The predicted octanol–water partition coefficient (Wildman–Crippen LogP) is 5.62. The van der Waals surface area contributed by atoms with E-state index in [1.807, 2.05) is 18.8 Å². The molecular formula is C18H22BrNS. The van der Waals surface area contributed by atoms with Crippen LogP contribution in [-0.2, 0) is 12.0 Å². The summed E-state index contributed by atoms with van der Waals surface area (Å²) < 4.78 is 1.12. The fraction of sp³-hybridized carbons (Fsp3) is 0.333. The molecule has 0 aliphatic heterocycles. The number of hydrogen-bond donors (Lipinski definition) is 1. The second-order valence-corrected chi connectivity index (χ2v) is 8.19. The van der Waals surface area contributed by atoms with Gasteiger partial charge >= 0.3 is 0 Å². The number of rotatable bonds is 4. The Kier molecular flexibility index (Phi) is 5.53. The Bertz CT molecular complexity index is 600. The summed E-state index contributed by atoms with van der Waals surface area (Å²) >= 11 is 5.38. The molecule has 2 rings (SSSR count). The largest absolute Gasteiger partial charge is 0.316 e. The molecule has 0 radical (unpaired) electrons. The molecule has 0 heterocycles. The van der Waals surface area contributed by atoms with Gasteiger partial charge in [0, 0.05) is 20.8 Å². The summed E-state index contributed by atoms with van der Waals surface area (Å²) in [5.74, 6) is 0. The van der Waals surface area contributed by atoms with E-state index in [4.69, 9.17) is 0 Å². The van der Waals surface area contributed by atoms with Crippen molar-refractivity contribution in [1.82, 2.24) is 5.32 Å². The van der Waals surface area contributed by atoms with Gasteiger partial charge in [-0.05, 0) is 47.9 Å². The van der Waals surface area contributed by atoms with E-state index in [0.29, 0.717) is 0 Å². The van der Waals surface area contributed by atoms with Crippen LogP contribution in [0.25, 0.3) is 0 Å². The molecular weight excluding hydrogens is 342 g/mol. The number of benzene rings is 2. The Balaban J connectivity index is 2.23. The summed E-state index contributed by atoms with van der Waals surface area (Å²) in [6, 6.07) is 15.4. The van der Waals surface area contributed by atoms with Gasteiger partial charge in [-0.25, -0.2) is 0 Å². The highest BCUT2D eigenvalue weighted by atomic mass is 79.9. The van der Waals surface area contributed by atoms with Crippen molar-refractivity contribution >= 4 is 27.7 Å². The van der Waals surface area contributed by atoms with Crippen LogP contribution in [-0.4, -0.2) is 7.05 Å². The number of nitrogens with one attached hydrogen (secondary N) is 1. The van der Waals surface area contributed by atoms with Gasteiger partial charge in [0.25, 0.3) is 0 Å². The lowest BCUT2D eigenvalue weighted by Crippen LogP contribution is -2.10. The van der Waals surface area contributed by atoms with Crippen molar-refractivity contribution in [3.63, 3.8) is 0 Å². The van der Waals surface area contributed by atoms with Crippen molar-refractivity contribution < 1.29 is 0 Å². The molecule has 2 aromatic carbocycles. The van der Waals surface area contributed by atoms with Crippen LogP contribution in [0.1, 0.15) is 31.9 Å². The molecule has 1 nitrogen and oxygen atoms in total. The van der Waals surface area contributed by atoms with Crippen molar-refractivity contribution in [3.05, 3.63) is 58.1 Å². The summed E-state index contributed by atoms with van der Waals surface area (Å²) in [6.07, 6.45) is 0. The third-order valence-electron chi connectivity index (χ3n) is 3.34. The van der Waals surface area contributed by atoms with E-state index in [0.717, 1.165) is 11.0 Å². The van der Waals surface area contributed by atoms with Crippen molar-refractivity contribution in [2.45, 2.75) is 42.5 Å². The first kappa shape index (κ1) is 16.6. The molecule has 0 fully saturated rings. The Hall–Kier alpha value is -0.770. The molecule has 2 aromatic rings. The molecule has 0 unspecified atom stereocenters. The zero-order chi connectivity index (χ0) is 15.5. The fourth-order valence-electron chi connectivity index (χ4n) is 2.11. The van der Waals surface area contributed by atoms with Crippen molar-refractivity contribution in [2.24, 2.45) is 0 Å². The molecule has 0 spiro atoms. The van der Waals surface area contributed by atoms with Gasteiger partial charge in [0.15, 0.2) is 0 Å². The first-order valence-electron chi connectivity index (χ1n) is 7.11. The third-order valence-corrected chi connectivity index (χ3v) is 4.95. The third kappa shape index (κ3) is 4.60. The molecule has 21 heavy (non-hydrogen) atoms. The van der Waals surface area contributed by atoms with E-state index >= 15 is 0 Å². The minimum absolute atomic E-state index is 0.205. The SMILES string of the molecule is CNCc1ccc(Br)cc1Sc1ccc(C(C)(C)C)cc1. The van der Waals surface area contributed by atoms with Crippen LogP contribution in [0.5, 0.6) is 0 Å². The van der Waals surface area contributed by atoms with Gasteiger partial charge in [0.1, 0.15) is 0 Å². The molecule has 0 saturated heterocycles. The zero-order valence-corrected chi connectivity index (χ0v) is 15.4. The number of halogens is 1. The smallest absolute Gasteiger partial charge is 0.0213 e. The van der Waals surface area contributed by atoms with Gasteiger partial charge in [-0.1, -0.05) is 66.7 Å². The monoisotopic (exact) mass is 363 g/mol. The normalized spacial score (nSPS) is 11.7. The summed E-state index contributed by atoms with van der Waals surface area (Å²) in [4.78, 5) is 2.57. The maximum absolute atomic E-state index is 3.56. The summed E-state index contributed by atoms with van der Waals surface area (Å²) in [7, 11) is 1.98. The standard InChI is InChI=1S/C18H22BrNS/c1-18(2,3)14-6-9-16(10-7-14)21-17-11-15(19)8-5-13(17)12-20-4/h5-11,20H,12H2,1-4H3. The van der Waals surface area contributed by atoms with Gasteiger partial charge in [0.2, 0.25) is 0 Å².